The lowest BCUT2D eigenvalue weighted by molar-refractivity contribution is -0.266. The van der Waals surface area contributed by atoms with Crippen molar-refractivity contribution >= 4 is 0 Å². The number of halogens is 6. The maximum Gasteiger partial charge on any atom is 0.424 e. The van der Waals surface area contributed by atoms with Gasteiger partial charge in [-0.05, 0) is 94.6 Å². The summed E-state index contributed by atoms with van der Waals surface area (Å²) in [7, 11) is 0. The van der Waals surface area contributed by atoms with E-state index in [4.69, 9.17) is 9.47 Å². The molecule has 202 valence electrons. The van der Waals surface area contributed by atoms with Gasteiger partial charge in [-0.3, -0.25) is 0 Å². The van der Waals surface area contributed by atoms with E-state index in [1.807, 2.05) is 6.92 Å². The fourth-order valence-electron chi connectivity index (χ4n) is 5.97. The van der Waals surface area contributed by atoms with Gasteiger partial charge in [-0.15, -0.1) is 0 Å². The monoisotopic (exact) mass is 520 g/mol. The smallest absolute Gasteiger partial charge is 0.424 e. The Morgan fingerprint density at radius 1 is 0.944 bits per heavy atom. The number of alkyl halides is 5. The van der Waals surface area contributed by atoms with Crippen molar-refractivity contribution in [2.75, 3.05) is 13.2 Å². The Morgan fingerprint density at radius 3 is 2.22 bits per heavy atom. The van der Waals surface area contributed by atoms with Crippen molar-refractivity contribution < 1.29 is 40.6 Å². The molecule has 0 radical (unpaired) electrons. The minimum Gasteiger partial charge on any atom is -0.431 e. The lowest BCUT2D eigenvalue weighted by atomic mass is 9.70. The van der Waals surface area contributed by atoms with Crippen LogP contribution in [0.5, 0.6) is 5.75 Å². The van der Waals surface area contributed by atoms with Crippen LogP contribution in [0.3, 0.4) is 0 Å². The highest BCUT2D eigenvalue weighted by Gasteiger charge is 2.47. The predicted molar refractivity (Wildman–Crippen MR) is 122 cm³/mol. The van der Waals surface area contributed by atoms with Crippen LogP contribution < -0.4 is 4.74 Å². The van der Waals surface area contributed by atoms with Crippen molar-refractivity contribution in [3.05, 3.63) is 41.2 Å². The summed E-state index contributed by atoms with van der Waals surface area (Å²) in [5.41, 5.74) is 0.0139. The number of benzene rings is 1. The number of rotatable bonds is 7. The molecule has 1 saturated heterocycles. The molecule has 9 heteroatoms. The Bertz CT molecular complexity index is 899. The maximum atomic E-state index is 14.7. The molecule has 3 unspecified atom stereocenters. The molecule has 0 aromatic heterocycles. The first kappa shape index (κ1) is 27.3. The molecule has 3 nitrogen and oxygen atoms in total. The minimum absolute atomic E-state index is 0.0741. The van der Waals surface area contributed by atoms with Gasteiger partial charge in [0.25, 0.3) is 0 Å². The average Bonchev–Trinajstić information content (AvgIpc) is 2.84. The zero-order chi connectivity index (χ0) is 25.9. The van der Waals surface area contributed by atoms with Crippen molar-refractivity contribution in [3.8, 4) is 5.75 Å². The number of ether oxygens (including phenoxy) is 3. The fraction of sp³-hybridized carbons (Fsp3) is 0.704. The lowest BCUT2D eigenvalue weighted by Gasteiger charge is -2.40. The second kappa shape index (κ2) is 11.3. The molecular weight excluding hydrogens is 486 g/mol. The summed E-state index contributed by atoms with van der Waals surface area (Å²) in [6.45, 7) is 2.96. The number of hydrogen-bond donors (Lipinski definition) is 0. The molecule has 2 aliphatic carbocycles. The zero-order valence-corrected chi connectivity index (χ0v) is 20.5. The highest BCUT2D eigenvalue weighted by atomic mass is 19.4. The van der Waals surface area contributed by atoms with Crippen LogP contribution in [0.15, 0.2) is 29.8 Å². The summed E-state index contributed by atoms with van der Waals surface area (Å²) in [5.74, 6) is -1.10. The van der Waals surface area contributed by atoms with Crippen molar-refractivity contribution in [3.63, 3.8) is 0 Å². The van der Waals surface area contributed by atoms with Crippen molar-refractivity contribution in [2.24, 2.45) is 17.8 Å². The molecule has 1 saturated carbocycles. The molecule has 1 aliphatic heterocycles. The Kier molecular flexibility index (Phi) is 8.60. The van der Waals surface area contributed by atoms with Crippen LogP contribution in [0.2, 0.25) is 0 Å². The molecule has 1 aromatic rings. The van der Waals surface area contributed by atoms with Crippen LogP contribution in [-0.2, 0) is 15.7 Å². The highest BCUT2D eigenvalue weighted by Crippen LogP contribution is 2.43. The van der Waals surface area contributed by atoms with Gasteiger partial charge in [0.1, 0.15) is 11.6 Å². The Hall–Kier alpha value is -1.74. The van der Waals surface area contributed by atoms with Crippen LogP contribution in [0.4, 0.5) is 26.3 Å². The quantitative estimate of drug-likeness (QED) is 0.270. The summed E-state index contributed by atoms with van der Waals surface area (Å²) in [4.78, 5) is 0. The maximum absolute atomic E-state index is 14.7. The first-order chi connectivity index (χ1) is 17.1. The molecule has 0 spiro atoms. The number of hydrogen-bond acceptors (Lipinski definition) is 3. The van der Waals surface area contributed by atoms with E-state index in [0.717, 1.165) is 51.6 Å². The van der Waals surface area contributed by atoms with Gasteiger partial charge in [0.15, 0.2) is 6.10 Å². The molecule has 1 aromatic carbocycles. The largest absolute Gasteiger partial charge is 0.431 e. The second-order valence-corrected chi connectivity index (χ2v) is 10.2. The molecule has 3 atom stereocenters. The van der Waals surface area contributed by atoms with Crippen molar-refractivity contribution in [2.45, 2.75) is 89.2 Å². The molecule has 0 amide bonds. The van der Waals surface area contributed by atoms with Crippen molar-refractivity contribution in [1.29, 1.82) is 0 Å². The Balaban J connectivity index is 1.24. The lowest BCUT2D eigenvalue weighted by Crippen LogP contribution is -2.45. The summed E-state index contributed by atoms with van der Waals surface area (Å²) < 4.78 is 97.0. The van der Waals surface area contributed by atoms with Gasteiger partial charge < -0.3 is 14.2 Å². The first-order valence-corrected chi connectivity index (χ1v) is 12.9. The van der Waals surface area contributed by atoms with Crippen LogP contribution in [0, 0.1) is 23.6 Å². The molecule has 1 heterocycles. The molecule has 36 heavy (non-hydrogen) atoms. The SMILES string of the molecule is CCOC1CC=C(C2CCC(C3CCC(C(F)(F)Oc4ccc(C(F)(F)F)c(F)c4)OC3)CC2)CC1. The van der Waals surface area contributed by atoms with Gasteiger partial charge in [-0.2, -0.15) is 22.0 Å². The van der Waals surface area contributed by atoms with Crippen LogP contribution in [0.1, 0.15) is 70.3 Å². The van der Waals surface area contributed by atoms with E-state index in [9.17, 15) is 26.3 Å². The van der Waals surface area contributed by atoms with E-state index in [0.29, 0.717) is 42.6 Å². The molecule has 0 bridgehead atoms. The van der Waals surface area contributed by atoms with Gasteiger partial charge in [0.2, 0.25) is 0 Å². The third kappa shape index (κ3) is 6.57. The van der Waals surface area contributed by atoms with E-state index < -0.39 is 35.5 Å². The van der Waals surface area contributed by atoms with Gasteiger partial charge in [0, 0.05) is 12.7 Å². The standard InChI is InChI=1S/C27H34F6O3/c1-2-34-21-10-7-18(8-11-21)17-3-5-19(6-4-17)20-9-14-25(35-16-20)27(32,33)36-22-12-13-23(24(28)15-22)26(29,30)31/h7,12-13,15,17,19-21,25H,2-6,8-11,14,16H2,1H3. The Labute approximate surface area is 208 Å². The fourth-order valence-corrected chi connectivity index (χ4v) is 5.97. The molecule has 3 aliphatic rings. The van der Waals surface area contributed by atoms with Crippen LogP contribution in [0.25, 0.3) is 0 Å². The Morgan fingerprint density at radius 2 is 1.67 bits per heavy atom. The molecule has 0 N–H and O–H groups in total. The van der Waals surface area contributed by atoms with E-state index in [-0.39, 0.29) is 18.9 Å². The predicted octanol–water partition coefficient (Wildman–Crippen LogP) is 7.93. The van der Waals surface area contributed by atoms with E-state index in [1.54, 1.807) is 5.57 Å². The third-order valence-electron chi connectivity index (χ3n) is 7.95. The molecule has 2 fully saturated rings. The third-order valence-corrected chi connectivity index (χ3v) is 7.95. The highest BCUT2D eigenvalue weighted by molar-refractivity contribution is 5.31. The topological polar surface area (TPSA) is 27.7 Å². The second-order valence-electron chi connectivity index (χ2n) is 10.2. The summed E-state index contributed by atoms with van der Waals surface area (Å²) in [6.07, 6.45) is 0.577. The summed E-state index contributed by atoms with van der Waals surface area (Å²) in [5, 5.41) is 0. The number of allylic oxidation sites excluding steroid dienone is 1. The molecular formula is C27H34F6O3. The van der Waals surface area contributed by atoms with Gasteiger partial charge in [0.05, 0.1) is 18.3 Å². The van der Waals surface area contributed by atoms with E-state index >= 15 is 0 Å². The zero-order valence-electron chi connectivity index (χ0n) is 20.5. The van der Waals surface area contributed by atoms with E-state index in [1.165, 1.54) is 0 Å². The molecule has 4 rings (SSSR count). The normalized spacial score (nSPS) is 30.1. The average molecular weight is 521 g/mol. The summed E-state index contributed by atoms with van der Waals surface area (Å²) >= 11 is 0. The van der Waals surface area contributed by atoms with Crippen molar-refractivity contribution in [1.82, 2.24) is 0 Å². The van der Waals surface area contributed by atoms with Gasteiger partial charge in [-0.1, -0.05) is 11.6 Å². The minimum atomic E-state index is -4.91. The van der Waals surface area contributed by atoms with E-state index in [2.05, 4.69) is 10.8 Å². The van der Waals surface area contributed by atoms with Crippen LogP contribution >= 0.6 is 0 Å². The summed E-state index contributed by atoms with van der Waals surface area (Å²) in [6, 6.07) is 1.43. The van der Waals surface area contributed by atoms with Gasteiger partial charge >= 0.3 is 12.3 Å². The van der Waals surface area contributed by atoms with Crippen LogP contribution in [-0.4, -0.2) is 31.5 Å². The van der Waals surface area contributed by atoms with Gasteiger partial charge in [-0.25, -0.2) is 4.39 Å². The first-order valence-electron chi connectivity index (χ1n) is 12.9.